The maximum absolute atomic E-state index is 6.02. The molecular formula is C18H26O3Si. The van der Waals surface area contributed by atoms with Gasteiger partial charge in [-0.3, -0.25) is 0 Å². The predicted molar refractivity (Wildman–Crippen MR) is 91.3 cm³/mol. The Bertz CT molecular complexity index is 565. The van der Waals surface area contributed by atoms with Crippen molar-refractivity contribution in [1.29, 1.82) is 0 Å². The smallest absolute Gasteiger partial charge is 0.225 e. The van der Waals surface area contributed by atoms with E-state index in [-0.39, 0.29) is 5.92 Å². The van der Waals surface area contributed by atoms with Gasteiger partial charge in [0, 0.05) is 0 Å². The molecule has 1 aliphatic rings. The molecular weight excluding hydrogens is 292 g/mol. The van der Waals surface area contributed by atoms with E-state index < -0.39 is 13.9 Å². The van der Waals surface area contributed by atoms with Crippen LogP contribution >= 0.6 is 0 Å². The van der Waals surface area contributed by atoms with Gasteiger partial charge >= 0.3 is 0 Å². The second-order valence-corrected chi connectivity index (χ2v) is 11.5. The zero-order chi connectivity index (χ0) is 16.2. The summed E-state index contributed by atoms with van der Waals surface area (Å²) < 4.78 is 17.3. The van der Waals surface area contributed by atoms with Crippen molar-refractivity contribution in [2.24, 2.45) is 0 Å². The molecule has 2 rings (SSSR count). The third-order valence-electron chi connectivity index (χ3n) is 3.54. The Morgan fingerprint density at radius 2 is 2.00 bits per heavy atom. The first-order valence-electron chi connectivity index (χ1n) is 7.86. The summed E-state index contributed by atoms with van der Waals surface area (Å²) in [5, 5.41) is 0. The van der Waals surface area contributed by atoms with Gasteiger partial charge in [0.2, 0.25) is 5.79 Å². The maximum Gasteiger partial charge on any atom is 0.225 e. The molecule has 0 bridgehead atoms. The SMILES string of the molecule is C=CCC[C@@H](C#C[Si](C)(C)C)c1ccc(C2(C)OCCO2)o1. The summed E-state index contributed by atoms with van der Waals surface area (Å²) in [6.07, 6.45) is 3.77. The second-order valence-electron chi connectivity index (χ2n) is 6.78. The van der Waals surface area contributed by atoms with Crippen LogP contribution in [0.4, 0.5) is 0 Å². The monoisotopic (exact) mass is 318 g/mol. The van der Waals surface area contributed by atoms with E-state index in [9.17, 15) is 0 Å². The minimum Gasteiger partial charge on any atom is -0.459 e. The Labute approximate surface area is 134 Å². The standard InChI is InChI=1S/C18H26O3Si/c1-6-7-8-15(11-14-22(3,4)5)16-9-10-17(21-16)18(2)19-12-13-20-18/h6,9-10,15H,1,7-8,12-13H2,2-5H3/t15-/m0/s1. The molecule has 1 fully saturated rings. The van der Waals surface area contributed by atoms with E-state index in [2.05, 4.69) is 37.7 Å². The van der Waals surface area contributed by atoms with Crippen LogP contribution < -0.4 is 0 Å². The van der Waals surface area contributed by atoms with Crippen LogP contribution in [0.25, 0.3) is 0 Å². The molecule has 120 valence electrons. The molecule has 2 heterocycles. The summed E-state index contributed by atoms with van der Waals surface area (Å²) in [6, 6.07) is 3.94. The molecule has 0 saturated carbocycles. The summed E-state index contributed by atoms with van der Waals surface area (Å²) >= 11 is 0. The van der Waals surface area contributed by atoms with Gasteiger partial charge in [-0.1, -0.05) is 31.6 Å². The van der Waals surface area contributed by atoms with Crippen LogP contribution in [0.3, 0.4) is 0 Å². The highest BCUT2D eigenvalue weighted by Gasteiger charge is 2.36. The van der Waals surface area contributed by atoms with Crippen molar-refractivity contribution in [3.05, 3.63) is 36.3 Å². The van der Waals surface area contributed by atoms with E-state index in [0.29, 0.717) is 13.2 Å². The van der Waals surface area contributed by atoms with Gasteiger partial charge in [0.25, 0.3) is 0 Å². The van der Waals surface area contributed by atoms with Crippen LogP contribution in [0.5, 0.6) is 0 Å². The van der Waals surface area contributed by atoms with E-state index in [0.717, 1.165) is 24.4 Å². The molecule has 0 N–H and O–H groups in total. The lowest BCUT2D eigenvalue weighted by Gasteiger charge is -2.19. The maximum atomic E-state index is 6.02. The van der Waals surface area contributed by atoms with E-state index in [1.54, 1.807) is 0 Å². The van der Waals surface area contributed by atoms with Crippen molar-refractivity contribution in [2.45, 2.75) is 51.1 Å². The molecule has 3 nitrogen and oxygen atoms in total. The van der Waals surface area contributed by atoms with Crippen LogP contribution in [0.2, 0.25) is 19.6 Å². The molecule has 4 heteroatoms. The van der Waals surface area contributed by atoms with Crippen molar-refractivity contribution >= 4 is 8.07 Å². The normalized spacial score (nSPS) is 18.5. The van der Waals surface area contributed by atoms with Gasteiger partial charge in [-0.05, 0) is 31.9 Å². The van der Waals surface area contributed by atoms with Gasteiger partial charge in [-0.15, -0.1) is 12.1 Å². The first kappa shape index (κ1) is 17.1. The Morgan fingerprint density at radius 3 is 2.59 bits per heavy atom. The molecule has 1 aromatic rings. The van der Waals surface area contributed by atoms with Gasteiger partial charge in [0.05, 0.1) is 19.1 Å². The van der Waals surface area contributed by atoms with Crippen molar-refractivity contribution in [1.82, 2.24) is 0 Å². The number of allylic oxidation sites excluding steroid dienone is 1. The fraction of sp³-hybridized carbons (Fsp3) is 0.556. The Hall–Kier alpha value is -1.28. The number of furan rings is 1. The van der Waals surface area contributed by atoms with Crippen molar-refractivity contribution < 1.29 is 13.9 Å². The van der Waals surface area contributed by atoms with Gasteiger partial charge in [-0.2, -0.15) is 0 Å². The predicted octanol–water partition coefficient (Wildman–Crippen LogP) is 4.43. The Kier molecular flexibility index (Phi) is 5.33. The Balaban J connectivity index is 2.22. The van der Waals surface area contributed by atoms with E-state index in [1.807, 2.05) is 25.1 Å². The summed E-state index contributed by atoms with van der Waals surface area (Å²) in [5.74, 6) is 4.37. The lowest BCUT2D eigenvalue weighted by molar-refractivity contribution is -0.163. The van der Waals surface area contributed by atoms with Crippen molar-refractivity contribution in [2.75, 3.05) is 13.2 Å². The molecule has 22 heavy (non-hydrogen) atoms. The molecule has 0 amide bonds. The second kappa shape index (κ2) is 6.87. The third kappa shape index (κ3) is 4.36. The zero-order valence-electron chi connectivity index (χ0n) is 14.1. The highest BCUT2D eigenvalue weighted by atomic mass is 28.3. The zero-order valence-corrected chi connectivity index (χ0v) is 15.1. The summed E-state index contributed by atoms with van der Waals surface area (Å²) in [7, 11) is -1.40. The molecule has 1 aromatic heterocycles. The van der Waals surface area contributed by atoms with Crippen LogP contribution in [-0.4, -0.2) is 21.3 Å². The summed E-state index contributed by atoms with van der Waals surface area (Å²) in [5.41, 5.74) is 3.45. The van der Waals surface area contributed by atoms with Gasteiger partial charge in [-0.25, -0.2) is 0 Å². The number of hydrogen-bond acceptors (Lipinski definition) is 3. The van der Waals surface area contributed by atoms with Crippen LogP contribution in [-0.2, 0) is 15.3 Å². The minimum absolute atomic E-state index is 0.100. The minimum atomic E-state index is -1.40. The lowest BCUT2D eigenvalue weighted by Crippen LogP contribution is -2.21. The molecule has 1 saturated heterocycles. The third-order valence-corrected chi connectivity index (χ3v) is 4.43. The summed E-state index contributed by atoms with van der Waals surface area (Å²) in [6.45, 7) is 13.6. The average molecular weight is 318 g/mol. The van der Waals surface area contributed by atoms with Crippen molar-refractivity contribution in [3.8, 4) is 11.5 Å². The molecule has 0 spiro atoms. The van der Waals surface area contributed by atoms with E-state index in [1.165, 1.54) is 0 Å². The first-order valence-corrected chi connectivity index (χ1v) is 11.4. The van der Waals surface area contributed by atoms with Gasteiger partial charge in [0.15, 0.2) is 5.76 Å². The molecule has 1 aliphatic heterocycles. The molecule has 0 aromatic carbocycles. The topological polar surface area (TPSA) is 31.6 Å². The fourth-order valence-electron chi connectivity index (χ4n) is 2.31. The molecule has 0 unspecified atom stereocenters. The molecule has 0 aliphatic carbocycles. The van der Waals surface area contributed by atoms with E-state index in [4.69, 9.17) is 13.9 Å². The lowest BCUT2D eigenvalue weighted by atomic mass is 10.0. The largest absolute Gasteiger partial charge is 0.459 e. The van der Waals surface area contributed by atoms with Crippen LogP contribution in [0.1, 0.15) is 37.2 Å². The first-order chi connectivity index (χ1) is 10.3. The molecule has 0 radical (unpaired) electrons. The highest BCUT2D eigenvalue weighted by molar-refractivity contribution is 6.83. The number of ether oxygens (including phenoxy) is 2. The number of hydrogen-bond donors (Lipinski definition) is 0. The van der Waals surface area contributed by atoms with E-state index >= 15 is 0 Å². The Morgan fingerprint density at radius 1 is 1.32 bits per heavy atom. The van der Waals surface area contributed by atoms with Crippen LogP contribution in [0, 0.1) is 11.5 Å². The van der Waals surface area contributed by atoms with Crippen molar-refractivity contribution in [3.63, 3.8) is 0 Å². The summed E-state index contributed by atoms with van der Waals surface area (Å²) in [4.78, 5) is 0. The highest BCUT2D eigenvalue weighted by Crippen LogP contribution is 2.34. The van der Waals surface area contributed by atoms with Gasteiger partial charge < -0.3 is 13.9 Å². The number of rotatable bonds is 5. The average Bonchev–Trinajstić information content (AvgIpc) is 3.07. The fourth-order valence-corrected chi connectivity index (χ4v) is 2.92. The van der Waals surface area contributed by atoms with Crippen LogP contribution in [0.15, 0.2) is 29.2 Å². The quantitative estimate of drug-likeness (QED) is 0.457. The van der Waals surface area contributed by atoms with Gasteiger partial charge in [0.1, 0.15) is 13.8 Å². The molecule has 1 atom stereocenters.